The quantitative estimate of drug-likeness (QED) is 0.790. The predicted octanol–water partition coefficient (Wildman–Crippen LogP) is 2.65. The summed E-state index contributed by atoms with van der Waals surface area (Å²) in [6, 6.07) is 7.87. The lowest BCUT2D eigenvalue weighted by molar-refractivity contribution is -0.120. The van der Waals surface area contributed by atoms with Gasteiger partial charge in [0.25, 0.3) is 0 Å². The Hall–Kier alpha value is -0.330. The van der Waals surface area contributed by atoms with E-state index >= 15 is 0 Å². The second kappa shape index (κ2) is 7.18. The average Bonchev–Trinajstić information content (AvgIpc) is 2.30. The maximum Gasteiger partial charge on any atom is 0.228 e. The molecule has 0 unspecified atom stereocenters. The van der Waals surface area contributed by atoms with Gasteiger partial charge in [0, 0.05) is 15.8 Å². The van der Waals surface area contributed by atoms with Gasteiger partial charge < -0.3 is 10.6 Å². The van der Waals surface area contributed by atoms with E-state index in [1.54, 1.807) is 0 Å². The van der Waals surface area contributed by atoms with E-state index in [2.05, 4.69) is 33.2 Å². The first-order chi connectivity index (χ1) is 7.75. The maximum atomic E-state index is 11.9. The van der Waals surface area contributed by atoms with E-state index < -0.39 is 0 Å². The molecule has 1 aliphatic heterocycles. The standard InChI is InChI=1S/C12H15IN2O.ClH/c13-10-4-1-5-11(7-10)15-12(16)9-3-2-6-14-8-9;/h1,4-5,7,9,14H,2-3,6,8H2,(H,15,16);1H/t9-;/m1./s1. The van der Waals surface area contributed by atoms with Crippen LogP contribution < -0.4 is 10.6 Å². The zero-order valence-corrected chi connectivity index (χ0v) is 12.4. The highest BCUT2D eigenvalue weighted by Gasteiger charge is 2.20. The number of rotatable bonds is 2. The second-order valence-corrected chi connectivity index (χ2v) is 5.29. The minimum atomic E-state index is 0. The van der Waals surface area contributed by atoms with Gasteiger partial charge >= 0.3 is 0 Å². The fourth-order valence-corrected chi connectivity index (χ4v) is 2.43. The van der Waals surface area contributed by atoms with Crippen LogP contribution in [-0.2, 0) is 4.79 Å². The Morgan fingerprint density at radius 1 is 1.47 bits per heavy atom. The van der Waals surface area contributed by atoms with Gasteiger partial charge in [0.1, 0.15) is 0 Å². The molecule has 1 fully saturated rings. The van der Waals surface area contributed by atoms with Crippen LogP contribution >= 0.6 is 35.0 Å². The summed E-state index contributed by atoms with van der Waals surface area (Å²) in [6.45, 7) is 1.84. The number of piperidine rings is 1. The van der Waals surface area contributed by atoms with Gasteiger partial charge in [0.05, 0.1) is 5.92 Å². The normalized spacial score (nSPS) is 19.2. The van der Waals surface area contributed by atoms with Crippen molar-refractivity contribution in [2.45, 2.75) is 12.8 Å². The summed E-state index contributed by atoms with van der Waals surface area (Å²) in [4.78, 5) is 11.9. The molecule has 1 aliphatic rings. The Labute approximate surface area is 121 Å². The minimum absolute atomic E-state index is 0. The first-order valence-electron chi connectivity index (χ1n) is 5.53. The third-order valence-electron chi connectivity index (χ3n) is 2.76. The summed E-state index contributed by atoms with van der Waals surface area (Å²) < 4.78 is 1.14. The molecule has 0 aromatic heterocycles. The monoisotopic (exact) mass is 366 g/mol. The fourth-order valence-electron chi connectivity index (χ4n) is 1.89. The lowest BCUT2D eigenvalue weighted by atomic mass is 9.99. The Kier molecular flexibility index (Phi) is 6.22. The van der Waals surface area contributed by atoms with Gasteiger partial charge in [0.2, 0.25) is 5.91 Å². The van der Waals surface area contributed by atoms with Crippen LogP contribution in [0.4, 0.5) is 5.69 Å². The number of amides is 1. The lowest BCUT2D eigenvalue weighted by Crippen LogP contribution is -2.37. The van der Waals surface area contributed by atoms with Crippen LogP contribution in [0.5, 0.6) is 0 Å². The van der Waals surface area contributed by atoms with Gasteiger partial charge in [-0.2, -0.15) is 0 Å². The maximum absolute atomic E-state index is 11.9. The Balaban J connectivity index is 0.00000144. The molecular weight excluding hydrogens is 351 g/mol. The first-order valence-corrected chi connectivity index (χ1v) is 6.61. The van der Waals surface area contributed by atoms with E-state index in [1.807, 2.05) is 24.3 Å². The molecule has 2 N–H and O–H groups in total. The largest absolute Gasteiger partial charge is 0.326 e. The van der Waals surface area contributed by atoms with E-state index in [9.17, 15) is 4.79 Å². The van der Waals surface area contributed by atoms with E-state index in [0.717, 1.165) is 35.2 Å². The van der Waals surface area contributed by atoms with Crippen molar-refractivity contribution in [3.8, 4) is 0 Å². The topological polar surface area (TPSA) is 41.1 Å². The molecule has 94 valence electrons. The number of anilines is 1. The molecule has 1 atom stereocenters. The van der Waals surface area contributed by atoms with Crippen molar-refractivity contribution in [3.05, 3.63) is 27.8 Å². The van der Waals surface area contributed by atoms with Crippen molar-refractivity contribution in [2.24, 2.45) is 5.92 Å². The first kappa shape index (κ1) is 14.7. The minimum Gasteiger partial charge on any atom is -0.326 e. The van der Waals surface area contributed by atoms with Crippen LogP contribution in [0.2, 0.25) is 0 Å². The van der Waals surface area contributed by atoms with Gasteiger partial charge in [-0.15, -0.1) is 12.4 Å². The molecule has 1 heterocycles. The summed E-state index contributed by atoms with van der Waals surface area (Å²) in [5.74, 6) is 0.251. The number of halogens is 2. The van der Waals surface area contributed by atoms with Gasteiger partial charge in [-0.25, -0.2) is 0 Å². The van der Waals surface area contributed by atoms with Gasteiger partial charge in [-0.1, -0.05) is 6.07 Å². The third kappa shape index (κ3) is 4.44. The molecule has 1 aromatic rings. The molecule has 17 heavy (non-hydrogen) atoms. The van der Waals surface area contributed by atoms with Gasteiger partial charge in [-0.3, -0.25) is 4.79 Å². The zero-order chi connectivity index (χ0) is 11.4. The van der Waals surface area contributed by atoms with Crippen molar-refractivity contribution < 1.29 is 4.79 Å². The van der Waals surface area contributed by atoms with Gasteiger partial charge in [0.15, 0.2) is 0 Å². The molecule has 2 rings (SSSR count). The van der Waals surface area contributed by atoms with Crippen LogP contribution in [0, 0.1) is 9.49 Å². The highest BCUT2D eigenvalue weighted by molar-refractivity contribution is 14.1. The number of carbonyl (C=O) groups excluding carboxylic acids is 1. The van der Waals surface area contributed by atoms with E-state index in [0.29, 0.717) is 0 Å². The predicted molar refractivity (Wildman–Crippen MR) is 80.6 cm³/mol. The van der Waals surface area contributed by atoms with Crippen molar-refractivity contribution in [1.29, 1.82) is 0 Å². The Bertz CT molecular complexity index is 381. The number of hydrogen-bond donors (Lipinski definition) is 2. The lowest BCUT2D eigenvalue weighted by Gasteiger charge is -2.21. The summed E-state index contributed by atoms with van der Waals surface area (Å²) in [7, 11) is 0. The van der Waals surface area contributed by atoms with Crippen molar-refractivity contribution in [2.75, 3.05) is 18.4 Å². The highest BCUT2D eigenvalue weighted by Crippen LogP contribution is 2.16. The highest BCUT2D eigenvalue weighted by atomic mass is 127. The number of hydrogen-bond acceptors (Lipinski definition) is 2. The summed E-state index contributed by atoms with van der Waals surface area (Å²) in [5.41, 5.74) is 0.891. The molecule has 1 saturated heterocycles. The molecule has 0 radical (unpaired) electrons. The molecule has 0 saturated carbocycles. The van der Waals surface area contributed by atoms with Crippen LogP contribution in [-0.4, -0.2) is 19.0 Å². The number of nitrogens with one attached hydrogen (secondary N) is 2. The van der Waals surface area contributed by atoms with Crippen molar-refractivity contribution >= 4 is 46.6 Å². The summed E-state index contributed by atoms with van der Waals surface area (Å²) in [6.07, 6.45) is 2.08. The van der Waals surface area contributed by atoms with E-state index in [1.165, 1.54) is 0 Å². The van der Waals surface area contributed by atoms with Crippen LogP contribution in [0.1, 0.15) is 12.8 Å². The molecule has 1 aromatic carbocycles. The molecule has 1 amide bonds. The fraction of sp³-hybridized carbons (Fsp3) is 0.417. The summed E-state index contributed by atoms with van der Waals surface area (Å²) >= 11 is 2.24. The van der Waals surface area contributed by atoms with Crippen molar-refractivity contribution in [1.82, 2.24) is 5.32 Å². The Morgan fingerprint density at radius 3 is 2.94 bits per heavy atom. The third-order valence-corrected chi connectivity index (χ3v) is 3.43. The zero-order valence-electron chi connectivity index (χ0n) is 9.41. The second-order valence-electron chi connectivity index (χ2n) is 4.04. The molecule has 5 heteroatoms. The average molecular weight is 367 g/mol. The molecule has 0 bridgehead atoms. The Morgan fingerprint density at radius 2 is 2.29 bits per heavy atom. The van der Waals surface area contributed by atoms with Gasteiger partial charge in [-0.05, 0) is 60.2 Å². The van der Waals surface area contributed by atoms with Crippen molar-refractivity contribution in [3.63, 3.8) is 0 Å². The van der Waals surface area contributed by atoms with Crippen LogP contribution in [0.15, 0.2) is 24.3 Å². The SMILES string of the molecule is Cl.O=C(Nc1cccc(I)c1)[C@@H]1CCCNC1. The van der Waals surface area contributed by atoms with E-state index in [-0.39, 0.29) is 24.2 Å². The van der Waals surface area contributed by atoms with Crippen LogP contribution in [0.3, 0.4) is 0 Å². The molecule has 0 spiro atoms. The molecule has 3 nitrogen and oxygen atoms in total. The smallest absolute Gasteiger partial charge is 0.228 e. The summed E-state index contributed by atoms with van der Waals surface area (Å²) in [5, 5.41) is 6.22. The number of carbonyl (C=O) groups is 1. The number of benzene rings is 1. The van der Waals surface area contributed by atoms with E-state index in [4.69, 9.17) is 0 Å². The van der Waals surface area contributed by atoms with Crippen LogP contribution in [0.25, 0.3) is 0 Å². The molecule has 0 aliphatic carbocycles. The molecular formula is C12H16ClIN2O.